The highest BCUT2D eigenvalue weighted by molar-refractivity contribution is 6.05. The second-order valence-corrected chi connectivity index (χ2v) is 7.59. The lowest BCUT2D eigenvalue weighted by molar-refractivity contribution is -0.274. The quantitative estimate of drug-likeness (QED) is 0.583. The zero-order valence-corrected chi connectivity index (χ0v) is 17.5. The predicted molar refractivity (Wildman–Crippen MR) is 114 cm³/mol. The summed E-state index contributed by atoms with van der Waals surface area (Å²) in [5, 5.41) is 11.9. The molecule has 1 amide bonds. The Bertz CT molecular complexity index is 1130. The summed E-state index contributed by atoms with van der Waals surface area (Å²) in [5.74, 6) is 0.552. The van der Waals surface area contributed by atoms with Crippen LogP contribution in [-0.4, -0.2) is 52.0 Å². The summed E-state index contributed by atoms with van der Waals surface area (Å²) in [5.41, 5.74) is 1.89. The molecule has 8 nitrogen and oxygen atoms in total. The highest BCUT2D eigenvalue weighted by atomic mass is 19.4. The fraction of sp³-hybridized carbons (Fsp3) is 0.273. The summed E-state index contributed by atoms with van der Waals surface area (Å²) in [7, 11) is 0. The number of aryl methyl sites for hydroxylation is 1. The molecule has 0 aliphatic carbocycles. The Kier molecular flexibility index (Phi) is 6.14. The minimum Gasteiger partial charge on any atom is -0.406 e. The molecule has 2 N–H and O–H groups in total. The number of ether oxygens (including phenoxy) is 1. The summed E-state index contributed by atoms with van der Waals surface area (Å²) in [6.07, 6.45) is -0.0705. The van der Waals surface area contributed by atoms with Gasteiger partial charge in [0.05, 0.1) is 5.56 Å². The van der Waals surface area contributed by atoms with E-state index in [1.54, 1.807) is 25.4 Å². The van der Waals surface area contributed by atoms with Crippen molar-refractivity contribution in [2.75, 3.05) is 29.9 Å². The van der Waals surface area contributed by atoms with Crippen molar-refractivity contribution in [3.8, 4) is 16.9 Å². The zero-order valence-electron chi connectivity index (χ0n) is 17.5. The number of alkyl halides is 3. The molecule has 172 valence electrons. The van der Waals surface area contributed by atoms with Gasteiger partial charge in [0, 0.05) is 61.0 Å². The molecule has 0 atom stereocenters. The molecule has 0 saturated carbocycles. The lowest BCUT2D eigenvalue weighted by Crippen LogP contribution is -2.49. The van der Waals surface area contributed by atoms with E-state index in [2.05, 4.69) is 25.0 Å². The number of amides is 1. The first-order chi connectivity index (χ1) is 15.7. The van der Waals surface area contributed by atoms with Gasteiger partial charge < -0.3 is 20.1 Å². The van der Waals surface area contributed by atoms with Crippen molar-refractivity contribution < 1.29 is 27.8 Å². The first-order valence-electron chi connectivity index (χ1n) is 10.0. The standard InChI is InChI=1S/C22H20F3N5O3/c1-13-26-8-16(9-27-13)19-6-15(7-28-20(19)30-10-14(11-30)12-31)21(32)29-17-2-4-18(5-3-17)33-22(23,24)25/h2-9,14,31H,10-12H2,1H3,(H,29,32). The second kappa shape index (κ2) is 9.02. The zero-order chi connectivity index (χ0) is 23.6. The number of carbonyl (C=O) groups excluding carboxylic acids is 1. The number of nitrogens with zero attached hydrogens (tertiary/aromatic N) is 4. The van der Waals surface area contributed by atoms with Gasteiger partial charge in [0.2, 0.25) is 0 Å². The van der Waals surface area contributed by atoms with Crippen LogP contribution in [0.2, 0.25) is 0 Å². The van der Waals surface area contributed by atoms with Crippen LogP contribution in [0.4, 0.5) is 24.7 Å². The van der Waals surface area contributed by atoms with E-state index in [4.69, 9.17) is 0 Å². The molecular weight excluding hydrogens is 439 g/mol. The smallest absolute Gasteiger partial charge is 0.406 e. The summed E-state index contributed by atoms with van der Waals surface area (Å²) < 4.78 is 40.8. The van der Waals surface area contributed by atoms with Crippen LogP contribution < -0.4 is 15.0 Å². The van der Waals surface area contributed by atoms with Gasteiger partial charge in [-0.2, -0.15) is 0 Å². The van der Waals surface area contributed by atoms with E-state index < -0.39 is 12.3 Å². The normalized spacial score (nSPS) is 14.0. The van der Waals surface area contributed by atoms with Gasteiger partial charge in [0.15, 0.2) is 0 Å². The average molecular weight is 459 g/mol. The summed E-state index contributed by atoms with van der Waals surface area (Å²) in [4.78, 5) is 27.7. The minimum atomic E-state index is -4.79. The molecule has 11 heteroatoms. The Balaban J connectivity index is 1.56. The third kappa shape index (κ3) is 5.37. The number of aromatic nitrogens is 3. The summed E-state index contributed by atoms with van der Waals surface area (Å²) in [6.45, 7) is 3.13. The SMILES string of the molecule is Cc1ncc(-c2cc(C(=O)Nc3ccc(OC(F)(F)F)cc3)cnc2N2CC(CO)C2)cn1. The van der Waals surface area contributed by atoms with Gasteiger partial charge in [-0.15, -0.1) is 13.2 Å². The van der Waals surface area contributed by atoms with Crippen LogP contribution >= 0.6 is 0 Å². The molecule has 1 aliphatic heterocycles. The lowest BCUT2D eigenvalue weighted by Gasteiger charge is -2.40. The van der Waals surface area contributed by atoms with E-state index >= 15 is 0 Å². The van der Waals surface area contributed by atoms with Gasteiger partial charge in [0.25, 0.3) is 5.91 Å². The van der Waals surface area contributed by atoms with E-state index in [0.29, 0.717) is 41.5 Å². The van der Waals surface area contributed by atoms with E-state index in [1.165, 1.54) is 18.3 Å². The number of benzene rings is 1. The second-order valence-electron chi connectivity index (χ2n) is 7.59. The van der Waals surface area contributed by atoms with Crippen molar-refractivity contribution in [1.29, 1.82) is 0 Å². The summed E-state index contributed by atoms with van der Waals surface area (Å²) in [6, 6.07) is 6.51. The Morgan fingerprint density at radius 3 is 2.42 bits per heavy atom. The Hall–Kier alpha value is -3.73. The van der Waals surface area contributed by atoms with Gasteiger partial charge in [-0.3, -0.25) is 4.79 Å². The lowest BCUT2D eigenvalue weighted by atomic mass is 9.99. The van der Waals surface area contributed by atoms with Crippen molar-refractivity contribution in [3.63, 3.8) is 0 Å². The Morgan fingerprint density at radius 2 is 1.82 bits per heavy atom. The number of carbonyl (C=O) groups is 1. The van der Waals surface area contributed by atoms with Crippen LogP contribution in [0.25, 0.3) is 11.1 Å². The van der Waals surface area contributed by atoms with E-state index in [1.807, 2.05) is 4.90 Å². The van der Waals surface area contributed by atoms with Crippen molar-refractivity contribution >= 4 is 17.4 Å². The maximum absolute atomic E-state index is 12.8. The minimum absolute atomic E-state index is 0.0900. The van der Waals surface area contributed by atoms with Gasteiger partial charge in [0.1, 0.15) is 17.4 Å². The largest absolute Gasteiger partial charge is 0.573 e. The number of pyridine rings is 1. The van der Waals surface area contributed by atoms with Crippen molar-refractivity contribution in [2.24, 2.45) is 5.92 Å². The van der Waals surface area contributed by atoms with E-state index in [0.717, 1.165) is 12.1 Å². The van der Waals surface area contributed by atoms with Crippen LogP contribution in [0.5, 0.6) is 5.75 Å². The van der Waals surface area contributed by atoms with E-state index in [9.17, 15) is 23.1 Å². The molecule has 1 saturated heterocycles. The molecule has 4 rings (SSSR count). The number of halogens is 3. The monoisotopic (exact) mass is 459 g/mol. The maximum Gasteiger partial charge on any atom is 0.573 e. The fourth-order valence-corrected chi connectivity index (χ4v) is 3.38. The number of rotatable bonds is 6. The number of hydrogen-bond donors (Lipinski definition) is 2. The predicted octanol–water partition coefficient (Wildman–Crippen LogP) is 3.43. The molecule has 0 bridgehead atoms. The molecule has 0 radical (unpaired) electrons. The van der Waals surface area contributed by atoms with Gasteiger partial charge >= 0.3 is 6.36 Å². The molecule has 1 aromatic carbocycles. The Morgan fingerprint density at radius 1 is 1.15 bits per heavy atom. The van der Waals surface area contributed by atoms with Crippen LogP contribution in [-0.2, 0) is 0 Å². The van der Waals surface area contributed by atoms with Crippen LogP contribution in [0.3, 0.4) is 0 Å². The molecule has 3 heterocycles. The van der Waals surface area contributed by atoms with Gasteiger partial charge in [-0.05, 0) is 37.3 Å². The van der Waals surface area contributed by atoms with Gasteiger partial charge in [-0.25, -0.2) is 15.0 Å². The first-order valence-corrected chi connectivity index (χ1v) is 10.0. The van der Waals surface area contributed by atoms with Crippen molar-refractivity contribution in [1.82, 2.24) is 15.0 Å². The topological polar surface area (TPSA) is 100 Å². The highest BCUT2D eigenvalue weighted by Gasteiger charge is 2.31. The molecule has 3 aromatic rings. The van der Waals surface area contributed by atoms with Crippen LogP contribution in [0, 0.1) is 12.8 Å². The molecule has 0 unspecified atom stereocenters. The molecular formula is C22H20F3N5O3. The molecule has 33 heavy (non-hydrogen) atoms. The van der Waals surface area contributed by atoms with E-state index in [-0.39, 0.29) is 23.8 Å². The van der Waals surface area contributed by atoms with Crippen molar-refractivity contribution in [2.45, 2.75) is 13.3 Å². The number of hydrogen-bond acceptors (Lipinski definition) is 7. The number of aliphatic hydroxyl groups excluding tert-OH is 1. The molecule has 0 spiro atoms. The fourth-order valence-electron chi connectivity index (χ4n) is 3.38. The summed E-state index contributed by atoms with van der Waals surface area (Å²) >= 11 is 0. The van der Waals surface area contributed by atoms with Crippen LogP contribution in [0.15, 0.2) is 48.9 Å². The third-order valence-electron chi connectivity index (χ3n) is 5.08. The molecule has 1 aliphatic rings. The molecule has 2 aromatic heterocycles. The maximum atomic E-state index is 12.8. The van der Waals surface area contributed by atoms with Crippen molar-refractivity contribution in [3.05, 3.63) is 60.3 Å². The van der Waals surface area contributed by atoms with Crippen LogP contribution in [0.1, 0.15) is 16.2 Å². The first kappa shape index (κ1) is 22.5. The van der Waals surface area contributed by atoms with Gasteiger partial charge in [-0.1, -0.05) is 0 Å². The molecule has 1 fully saturated rings. The number of aliphatic hydroxyl groups is 1. The Labute approximate surface area is 187 Å². The highest BCUT2D eigenvalue weighted by Crippen LogP contribution is 2.33. The third-order valence-corrected chi connectivity index (χ3v) is 5.08. The average Bonchev–Trinajstić information content (AvgIpc) is 2.74. The number of anilines is 2. The number of nitrogens with one attached hydrogen (secondary N) is 1.